The molecule has 6 fully saturated rings. The Morgan fingerprint density at radius 1 is 0.786 bits per heavy atom. The van der Waals surface area contributed by atoms with Gasteiger partial charge in [-0.05, 0) is 65.7 Å². The first-order valence-electron chi connectivity index (χ1n) is 18.8. The Labute approximate surface area is 349 Å². The van der Waals surface area contributed by atoms with Crippen molar-refractivity contribution in [3.8, 4) is 0 Å². The third-order valence-electron chi connectivity index (χ3n) is 10.2. The number of likely N-dealkylation sites (N-methyl/N-ethyl adjacent to an activating group) is 1. The van der Waals surface area contributed by atoms with Crippen molar-refractivity contribution in [3.63, 3.8) is 0 Å². The van der Waals surface area contributed by atoms with Crippen molar-refractivity contribution in [2.75, 3.05) is 59.7 Å². The van der Waals surface area contributed by atoms with Crippen LogP contribution in [0.3, 0.4) is 0 Å². The summed E-state index contributed by atoms with van der Waals surface area (Å²) in [4.78, 5) is 78.3. The van der Waals surface area contributed by atoms with Crippen LogP contribution < -0.4 is 40.5 Å². The van der Waals surface area contributed by atoms with Gasteiger partial charge in [0, 0.05) is 39.9 Å². The van der Waals surface area contributed by atoms with Crippen LogP contribution in [0.15, 0.2) is 0 Å². The maximum absolute atomic E-state index is 12.5. The Bertz CT molecular complexity index is 1500. The molecule has 0 aliphatic carbocycles. The predicted octanol–water partition coefficient (Wildman–Crippen LogP) is -2.38. The third-order valence-corrected chi connectivity index (χ3v) is 10.5. The minimum Gasteiger partial charge on any atom is -0.724 e. The molecule has 2 N–H and O–H groups in total. The molecule has 0 aromatic heterocycles. The first kappa shape index (κ1) is 46.2. The van der Waals surface area contributed by atoms with Crippen LogP contribution in [0.4, 0.5) is 14.4 Å². The summed E-state index contributed by atoms with van der Waals surface area (Å²) in [5, 5.41) is 0.538. The zero-order valence-corrected chi connectivity index (χ0v) is 35.7. The van der Waals surface area contributed by atoms with E-state index in [2.05, 4.69) is 15.2 Å². The molecule has 2 unspecified atom stereocenters. The van der Waals surface area contributed by atoms with Gasteiger partial charge < -0.3 is 38.4 Å². The fraction of sp³-hybridized carbons (Fsp3) is 0.848. The van der Waals surface area contributed by atoms with Gasteiger partial charge >= 0.3 is 47.7 Å². The van der Waals surface area contributed by atoms with Crippen LogP contribution in [0.5, 0.6) is 0 Å². The summed E-state index contributed by atoms with van der Waals surface area (Å²) in [6, 6.07) is -2.65. The van der Waals surface area contributed by atoms with Crippen molar-refractivity contribution in [3.05, 3.63) is 0 Å². The zero-order chi connectivity index (χ0) is 39.9. The number of ether oxygens (including phenoxy) is 3. The topological polar surface area (TPSA) is 238 Å². The molecule has 6 rings (SSSR count). The number of amides is 7. The smallest absolute Gasteiger partial charge is 0.724 e. The van der Waals surface area contributed by atoms with Crippen LogP contribution in [-0.4, -0.2) is 169 Å². The molecule has 6 atom stereocenters. The molecule has 0 aromatic rings. The first-order chi connectivity index (χ1) is 26.0. The van der Waals surface area contributed by atoms with Gasteiger partial charge in [-0.1, -0.05) is 12.8 Å². The van der Waals surface area contributed by atoms with Gasteiger partial charge in [0.15, 0.2) is 0 Å². The van der Waals surface area contributed by atoms with Crippen molar-refractivity contribution in [2.24, 2.45) is 0 Å². The summed E-state index contributed by atoms with van der Waals surface area (Å²) >= 11 is 0. The molecule has 0 saturated carbocycles. The third kappa shape index (κ3) is 12.7. The number of carbonyl (C=O) groups is 5. The normalized spacial score (nSPS) is 28.1. The Morgan fingerprint density at radius 3 is 2.00 bits per heavy atom. The summed E-state index contributed by atoms with van der Waals surface area (Å²) < 4.78 is 53.2. The van der Waals surface area contributed by atoms with Crippen LogP contribution in [0, 0.1) is 0 Å². The maximum atomic E-state index is 12.5. The van der Waals surface area contributed by atoms with Crippen molar-refractivity contribution < 1.29 is 94.7 Å². The Hall–Kier alpha value is -2.54. The first-order valence-corrected chi connectivity index (χ1v) is 20.2. The number of carbonyl (C=O) groups excluding carboxylic acids is 5. The fourth-order valence-electron chi connectivity index (χ4n) is 7.36. The minimum absolute atomic E-state index is 0. The number of hydroxylamine groups is 4. The second-order valence-corrected chi connectivity index (χ2v) is 16.4. The van der Waals surface area contributed by atoms with E-state index in [0.717, 1.165) is 32.1 Å². The number of nitrogens with zero attached hydrogens (tertiary/aromatic N) is 5. The van der Waals surface area contributed by atoms with E-state index >= 15 is 0 Å². The Kier molecular flexibility index (Phi) is 16.8. The van der Waals surface area contributed by atoms with E-state index in [4.69, 9.17) is 23.9 Å². The molecule has 7 amide bonds. The maximum Gasteiger partial charge on any atom is 1.00 e. The Morgan fingerprint density at radius 2 is 1.36 bits per heavy atom. The number of hydrogen-bond acceptors (Lipinski definition) is 14. The van der Waals surface area contributed by atoms with Crippen LogP contribution in [-0.2, 0) is 48.2 Å². The average Bonchev–Trinajstić information content (AvgIpc) is 3.37. The van der Waals surface area contributed by atoms with E-state index in [1.54, 1.807) is 21.7 Å². The van der Waals surface area contributed by atoms with Crippen molar-refractivity contribution in [2.45, 2.75) is 121 Å². The summed E-state index contributed by atoms with van der Waals surface area (Å²) in [5.41, 5.74) is 4.22. The van der Waals surface area contributed by atoms with Crippen LogP contribution >= 0.6 is 0 Å². The molecule has 6 heterocycles. The minimum atomic E-state index is -5.06. The molecule has 0 spiro atoms. The SMILES string of the molecule is CN1C(=O)N2C[C@H]1CC[C@H]2C(=O)NOCC1CN(C(=O)OC(C)(C)C)CCCO1.O=C(NOCC1CCCCCO1)[C@@H]1CC[C@@H]2CN1C(=O)N2OS(=O)(=O)[O-].[Na+]. The van der Waals surface area contributed by atoms with Gasteiger partial charge in [0.1, 0.15) is 37.0 Å². The van der Waals surface area contributed by atoms with Gasteiger partial charge in [0.2, 0.25) is 10.4 Å². The zero-order valence-electron chi connectivity index (χ0n) is 32.8. The number of piperidine rings is 2. The molecule has 6 aliphatic rings. The standard InChI is InChI=1S/C19H32N4O6.C14H23N3O8S.Na/c1-19(2,3)29-18(26)22-8-5-9-27-14(11-22)12-28-20-16(24)15-7-6-13-10-23(15)17(25)21(13)4;18-13(15-24-9-11-4-2-1-3-7-23-11)12-6-5-10-8-16(12)14(19)17(10)25-26(20,21)22;/h13-15H,5-12H2,1-4H3,(H,20,24);10-12H,1-9H2,(H,15,18)(H,20,21,22);/q;;+1/p-1/t13-,14?,15+;10-,11?,12+;/m11./s1. The van der Waals surface area contributed by atoms with E-state index in [-0.39, 0.29) is 85.6 Å². The van der Waals surface area contributed by atoms with Crippen molar-refractivity contribution in [1.82, 2.24) is 35.6 Å². The molecule has 312 valence electrons. The van der Waals surface area contributed by atoms with Crippen LogP contribution in [0.2, 0.25) is 0 Å². The second-order valence-electron chi connectivity index (χ2n) is 15.5. The average molecular weight is 828 g/mol. The van der Waals surface area contributed by atoms with Crippen LogP contribution in [0.1, 0.15) is 78.6 Å². The van der Waals surface area contributed by atoms with Crippen molar-refractivity contribution in [1.29, 1.82) is 0 Å². The predicted molar refractivity (Wildman–Crippen MR) is 187 cm³/mol. The molecule has 21 nitrogen and oxygen atoms in total. The molecule has 4 bridgehead atoms. The van der Waals surface area contributed by atoms with E-state index < -0.39 is 46.1 Å². The summed E-state index contributed by atoms with van der Waals surface area (Å²) in [5.74, 6) is -0.832. The van der Waals surface area contributed by atoms with E-state index in [0.29, 0.717) is 63.6 Å². The number of urea groups is 2. The van der Waals surface area contributed by atoms with Crippen LogP contribution in [0.25, 0.3) is 0 Å². The van der Waals surface area contributed by atoms with Gasteiger partial charge in [-0.3, -0.25) is 19.3 Å². The summed E-state index contributed by atoms with van der Waals surface area (Å²) in [6.45, 7) is 8.53. The van der Waals surface area contributed by atoms with E-state index in [9.17, 15) is 36.9 Å². The van der Waals surface area contributed by atoms with Crippen molar-refractivity contribution >= 4 is 40.4 Å². The summed E-state index contributed by atoms with van der Waals surface area (Å²) in [7, 11) is -3.29. The largest absolute Gasteiger partial charge is 1.00 e. The second kappa shape index (κ2) is 20.4. The number of fused-ring (bicyclic) bond motifs is 4. The van der Waals surface area contributed by atoms with Gasteiger partial charge in [-0.25, -0.2) is 33.8 Å². The molecule has 0 radical (unpaired) electrons. The quantitative estimate of drug-likeness (QED) is 0.101. The van der Waals surface area contributed by atoms with E-state index in [1.165, 1.54) is 4.90 Å². The molecule has 56 heavy (non-hydrogen) atoms. The molecule has 6 saturated heterocycles. The Balaban J connectivity index is 0.000000246. The molecular formula is C33H54N7NaO14S. The van der Waals surface area contributed by atoms with Gasteiger partial charge in [-0.2, -0.15) is 9.35 Å². The monoisotopic (exact) mass is 827 g/mol. The molecule has 23 heteroatoms. The van der Waals surface area contributed by atoms with E-state index in [1.807, 2.05) is 20.8 Å². The van der Waals surface area contributed by atoms with Gasteiger partial charge in [0.25, 0.3) is 11.8 Å². The molecule has 6 aliphatic heterocycles. The van der Waals surface area contributed by atoms with Gasteiger partial charge in [0.05, 0.1) is 24.7 Å². The number of nitrogens with one attached hydrogen (secondary N) is 2. The molecule has 0 aromatic carbocycles. The molecular weight excluding hydrogens is 773 g/mol. The number of hydrogen-bond donors (Lipinski definition) is 2. The van der Waals surface area contributed by atoms with Gasteiger partial charge in [-0.15, -0.1) is 0 Å². The summed E-state index contributed by atoms with van der Waals surface area (Å²) in [6.07, 6.45) is 5.96. The number of rotatable bonds is 10. The fourth-order valence-corrected chi connectivity index (χ4v) is 7.75.